The lowest BCUT2D eigenvalue weighted by molar-refractivity contribution is 0.212. The van der Waals surface area contributed by atoms with Crippen molar-refractivity contribution in [2.75, 3.05) is 14.2 Å². The Bertz CT molecular complexity index is 583. The minimum Gasteiger partial charge on any atom is -0.493 e. The summed E-state index contributed by atoms with van der Waals surface area (Å²) in [5.74, 6) is 1.17. The molecule has 19 heavy (non-hydrogen) atoms. The van der Waals surface area contributed by atoms with E-state index in [-0.39, 0.29) is 0 Å². The first-order valence-electron chi connectivity index (χ1n) is 5.66. The van der Waals surface area contributed by atoms with Crippen LogP contribution in [0.4, 0.5) is 0 Å². The Hall–Kier alpha value is -1.53. The largest absolute Gasteiger partial charge is 0.493 e. The van der Waals surface area contributed by atoms with Gasteiger partial charge in [-0.2, -0.15) is 5.10 Å². The van der Waals surface area contributed by atoms with Crippen LogP contribution >= 0.6 is 15.9 Å². The van der Waals surface area contributed by atoms with Crippen LogP contribution in [0.25, 0.3) is 0 Å². The maximum atomic E-state index is 10.4. The van der Waals surface area contributed by atoms with Gasteiger partial charge in [-0.3, -0.25) is 4.68 Å². The maximum Gasteiger partial charge on any atom is 0.161 e. The molecule has 6 heteroatoms. The molecule has 0 bridgehead atoms. The number of methoxy groups -OCH3 is 2. The summed E-state index contributed by atoms with van der Waals surface area (Å²) in [6.45, 7) is 0. The monoisotopic (exact) mass is 326 g/mol. The number of aryl methyl sites for hydroxylation is 1. The van der Waals surface area contributed by atoms with E-state index >= 15 is 0 Å². The summed E-state index contributed by atoms with van der Waals surface area (Å²) in [5.41, 5.74) is 1.26. The Morgan fingerprint density at radius 3 is 2.42 bits per heavy atom. The van der Waals surface area contributed by atoms with Gasteiger partial charge < -0.3 is 14.6 Å². The lowest BCUT2D eigenvalue weighted by atomic mass is 10.1. The van der Waals surface area contributed by atoms with Crippen LogP contribution in [0.2, 0.25) is 0 Å². The van der Waals surface area contributed by atoms with Crippen molar-refractivity contribution >= 4 is 15.9 Å². The van der Waals surface area contributed by atoms with Crippen LogP contribution in [0.5, 0.6) is 11.5 Å². The van der Waals surface area contributed by atoms with Gasteiger partial charge in [0.1, 0.15) is 6.10 Å². The summed E-state index contributed by atoms with van der Waals surface area (Å²) in [6, 6.07) is 5.27. The number of hydrogen-bond donors (Lipinski definition) is 1. The predicted molar refractivity (Wildman–Crippen MR) is 74.5 cm³/mol. The molecule has 1 aromatic carbocycles. The van der Waals surface area contributed by atoms with Crippen molar-refractivity contribution in [3.8, 4) is 11.5 Å². The molecule has 0 amide bonds. The van der Waals surface area contributed by atoms with E-state index in [9.17, 15) is 5.11 Å². The lowest BCUT2D eigenvalue weighted by Gasteiger charge is -2.15. The van der Waals surface area contributed by atoms with Gasteiger partial charge in [-0.05, 0) is 18.2 Å². The van der Waals surface area contributed by atoms with Gasteiger partial charge in [0.05, 0.1) is 19.9 Å². The Morgan fingerprint density at radius 1 is 1.26 bits per heavy atom. The zero-order valence-electron chi connectivity index (χ0n) is 10.9. The Kier molecular flexibility index (Phi) is 4.11. The fourth-order valence-corrected chi connectivity index (χ4v) is 2.36. The molecule has 5 nitrogen and oxygen atoms in total. The van der Waals surface area contributed by atoms with Crippen molar-refractivity contribution in [3.05, 3.63) is 40.1 Å². The highest BCUT2D eigenvalue weighted by Crippen LogP contribution is 2.37. The SMILES string of the molecule is COc1cc(Br)c(C(O)c2ccn(C)n2)cc1OC. The molecule has 2 rings (SSSR count). The second-order valence-electron chi connectivity index (χ2n) is 4.05. The molecule has 1 N–H and O–H groups in total. The highest BCUT2D eigenvalue weighted by Gasteiger charge is 2.19. The number of nitrogens with zero attached hydrogens (tertiary/aromatic N) is 2. The minimum atomic E-state index is -0.824. The topological polar surface area (TPSA) is 56.5 Å². The highest BCUT2D eigenvalue weighted by molar-refractivity contribution is 9.10. The summed E-state index contributed by atoms with van der Waals surface area (Å²) in [5, 5.41) is 14.6. The van der Waals surface area contributed by atoms with Crippen LogP contribution in [0, 0.1) is 0 Å². The van der Waals surface area contributed by atoms with Gasteiger partial charge in [0.2, 0.25) is 0 Å². The first-order chi connectivity index (χ1) is 9.06. The number of rotatable bonds is 4. The zero-order chi connectivity index (χ0) is 14.0. The molecule has 2 aromatic rings. The van der Waals surface area contributed by atoms with Gasteiger partial charge in [0.25, 0.3) is 0 Å². The van der Waals surface area contributed by atoms with E-state index in [1.54, 1.807) is 50.3 Å². The van der Waals surface area contributed by atoms with Crippen molar-refractivity contribution in [2.24, 2.45) is 7.05 Å². The maximum absolute atomic E-state index is 10.4. The van der Waals surface area contributed by atoms with E-state index in [4.69, 9.17) is 9.47 Å². The molecule has 0 spiro atoms. The van der Waals surface area contributed by atoms with E-state index < -0.39 is 6.10 Å². The first kappa shape index (κ1) is 13.9. The number of benzene rings is 1. The van der Waals surface area contributed by atoms with Crippen LogP contribution in [0.15, 0.2) is 28.9 Å². The van der Waals surface area contributed by atoms with E-state index in [1.807, 2.05) is 0 Å². The third-order valence-corrected chi connectivity index (χ3v) is 3.50. The van der Waals surface area contributed by atoms with Crippen molar-refractivity contribution < 1.29 is 14.6 Å². The van der Waals surface area contributed by atoms with Gasteiger partial charge in [-0.25, -0.2) is 0 Å². The molecule has 1 unspecified atom stereocenters. The molecule has 0 saturated heterocycles. The van der Waals surface area contributed by atoms with Crippen LogP contribution < -0.4 is 9.47 Å². The van der Waals surface area contributed by atoms with E-state index in [0.29, 0.717) is 22.8 Å². The Morgan fingerprint density at radius 2 is 1.89 bits per heavy atom. The fourth-order valence-electron chi connectivity index (χ4n) is 1.82. The van der Waals surface area contributed by atoms with Crippen molar-refractivity contribution in [2.45, 2.75) is 6.10 Å². The smallest absolute Gasteiger partial charge is 0.161 e. The number of ether oxygens (including phenoxy) is 2. The summed E-state index contributed by atoms with van der Waals surface area (Å²) in [6.07, 6.45) is 0.961. The summed E-state index contributed by atoms with van der Waals surface area (Å²) < 4.78 is 12.8. The van der Waals surface area contributed by atoms with Gasteiger partial charge in [0, 0.05) is 23.3 Å². The van der Waals surface area contributed by atoms with Crippen molar-refractivity contribution in [3.63, 3.8) is 0 Å². The van der Waals surface area contributed by atoms with Crippen molar-refractivity contribution in [1.29, 1.82) is 0 Å². The average Bonchev–Trinajstić information content (AvgIpc) is 2.84. The number of aromatic nitrogens is 2. The minimum absolute atomic E-state index is 0.565. The second kappa shape index (κ2) is 5.63. The molecular formula is C13H15BrN2O3. The van der Waals surface area contributed by atoms with E-state index in [2.05, 4.69) is 21.0 Å². The van der Waals surface area contributed by atoms with Gasteiger partial charge in [0.15, 0.2) is 11.5 Å². The standard InChI is InChI=1S/C13H15BrN2O3/c1-16-5-4-10(15-16)13(17)8-6-11(18-2)12(19-3)7-9(8)14/h4-7,13,17H,1-3H3. The van der Waals surface area contributed by atoms with E-state index in [1.165, 1.54) is 0 Å². The number of aliphatic hydroxyl groups is 1. The summed E-state index contributed by atoms with van der Waals surface area (Å²) in [4.78, 5) is 0. The highest BCUT2D eigenvalue weighted by atomic mass is 79.9. The molecule has 0 radical (unpaired) electrons. The quantitative estimate of drug-likeness (QED) is 0.936. The molecule has 1 atom stereocenters. The molecule has 0 aliphatic rings. The van der Waals surface area contributed by atoms with Crippen LogP contribution in [0.1, 0.15) is 17.4 Å². The van der Waals surface area contributed by atoms with Crippen LogP contribution in [0.3, 0.4) is 0 Å². The molecule has 0 fully saturated rings. The third kappa shape index (κ3) is 2.74. The predicted octanol–water partition coefficient (Wildman–Crippen LogP) is 2.28. The summed E-state index contributed by atoms with van der Waals surface area (Å²) in [7, 11) is 4.93. The van der Waals surface area contributed by atoms with Gasteiger partial charge >= 0.3 is 0 Å². The Labute approximate surface area is 119 Å². The molecule has 1 heterocycles. The molecule has 0 aliphatic heterocycles. The molecule has 1 aromatic heterocycles. The molecule has 0 aliphatic carbocycles. The van der Waals surface area contributed by atoms with Gasteiger partial charge in [-0.15, -0.1) is 0 Å². The van der Waals surface area contributed by atoms with Gasteiger partial charge in [-0.1, -0.05) is 15.9 Å². The number of halogens is 1. The number of aliphatic hydroxyl groups excluding tert-OH is 1. The first-order valence-corrected chi connectivity index (χ1v) is 6.45. The lowest BCUT2D eigenvalue weighted by Crippen LogP contribution is -2.04. The zero-order valence-corrected chi connectivity index (χ0v) is 12.5. The molecule has 102 valence electrons. The number of hydrogen-bond acceptors (Lipinski definition) is 4. The third-order valence-electron chi connectivity index (χ3n) is 2.81. The second-order valence-corrected chi connectivity index (χ2v) is 4.90. The van der Waals surface area contributed by atoms with Crippen LogP contribution in [-0.2, 0) is 7.05 Å². The molecular weight excluding hydrogens is 312 g/mol. The normalized spacial score (nSPS) is 12.3. The van der Waals surface area contributed by atoms with E-state index in [0.717, 1.165) is 4.47 Å². The summed E-state index contributed by atoms with van der Waals surface area (Å²) >= 11 is 3.43. The van der Waals surface area contributed by atoms with Crippen LogP contribution in [-0.4, -0.2) is 29.1 Å². The fraction of sp³-hybridized carbons (Fsp3) is 0.308. The Balaban J connectivity index is 2.44. The average molecular weight is 327 g/mol. The van der Waals surface area contributed by atoms with Crippen molar-refractivity contribution in [1.82, 2.24) is 9.78 Å². The molecule has 0 saturated carbocycles.